The molecule has 8 nitrogen and oxygen atoms in total. The zero-order valence-electron chi connectivity index (χ0n) is 17.4. The van der Waals surface area contributed by atoms with Crippen molar-refractivity contribution in [3.05, 3.63) is 35.9 Å². The Bertz CT molecular complexity index is 651. The first kappa shape index (κ1) is 24.6. The Balaban J connectivity index is 2.88. The quantitative estimate of drug-likeness (QED) is 0.374. The highest BCUT2D eigenvalue weighted by Crippen LogP contribution is 2.09. The van der Waals surface area contributed by atoms with E-state index in [-0.39, 0.29) is 37.6 Å². The van der Waals surface area contributed by atoms with Gasteiger partial charge in [-0.25, -0.2) is 4.79 Å². The normalized spacial score (nSPS) is 14.0. The molecule has 1 rings (SSSR count). The molecule has 0 heterocycles. The monoisotopic (exact) mass is 407 g/mol. The summed E-state index contributed by atoms with van der Waals surface area (Å²) in [5.41, 5.74) is 6.23. The summed E-state index contributed by atoms with van der Waals surface area (Å²) >= 11 is 0. The average Bonchev–Trinajstić information content (AvgIpc) is 2.70. The smallest absolute Gasteiger partial charge is 0.328 e. The number of benzene rings is 1. The van der Waals surface area contributed by atoms with Gasteiger partial charge in [-0.2, -0.15) is 0 Å². The summed E-state index contributed by atoms with van der Waals surface area (Å²) in [4.78, 5) is 37.2. The summed E-state index contributed by atoms with van der Waals surface area (Å²) in [5.74, 6) is -1.19. The molecule has 0 aliphatic heterocycles. The lowest BCUT2D eigenvalue weighted by Gasteiger charge is -2.23. The molecule has 1 aromatic carbocycles. The highest BCUT2D eigenvalue weighted by atomic mass is 16.5. The van der Waals surface area contributed by atoms with Gasteiger partial charge in [-0.1, -0.05) is 44.2 Å². The lowest BCUT2D eigenvalue weighted by atomic mass is 10.0. The number of hydrogen-bond donors (Lipinski definition) is 4. The van der Waals surface area contributed by atoms with E-state index in [4.69, 9.17) is 10.5 Å². The van der Waals surface area contributed by atoms with Gasteiger partial charge in [-0.15, -0.1) is 0 Å². The number of aliphatic hydroxyl groups is 1. The Morgan fingerprint density at radius 3 is 2.31 bits per heavy atom. The van der Waals surface area contributed by atoms with Gasteiger partial charge in [0, 0.05) is 19.4 Å². The number of nitrogens with one attached hydrogen (secondary N) is 2. The van der Waals surface area contributed by atoms with E-state index < -0.39 is 30.1 Å². The molecule has 0 unspecified atom stereocenters. The van der Waals surface area contributed by atoms with Crippen LogP contribution in [0.4, 0.5) is 0 Å². The third-order valence-corrected chi connectivity index (χ3v) is 4.42. The molecule has 0 aliphatic rings. The van der Waals surface area contributed by atoms with Crippen LogP contribution in [0.2, 0.25) is 0 Å². The number of carbonyl (C=O) groups is 3. The topological polar surface area (TPSA) is 131 Å². The minimum atomic E-state index is -0.862. The first-order valence-corrected chi connectivity index (χ1v) is 9.86. The summed E-state index contributed by atoms with van der Waals surface area (Å²) in [7, 11) is 1.27. The number of methoxy groups -OCH3 is 1. The number of carbonyl (C=O) groups excluding carboxylic acids is 3. The van der Waals surface area contributed by atoms with Crippen LogP contribution in [-0.2, 0) is 25.5 Å². The van der Waals surface area contributed by atoms with E-state index in [1.807, 2.05) is 44.2 Å². The molecule has 0 spiro atoms. The van der Waals surface area contributed by atoms with Crippen molar-refractivity contribution in [2.45, 2.75) is 57.7 Å². The predicted molar refractivity (Wildman–Crippen MR) is 110 cm³/mol. The maximum atomic E-state index is 12.9. The molecule has 0 aliphatic carbocycles. The van der Waals surface area contributed by atoms with Gasteiger partial charge < -0.3 is 26.2 Å². The van der Waals surface area contributed by atoms with E-state index in [1.54, 1.807) is 0 Å². The lowest BCUT2D eigenvalue weighted by molar-refractivity contribution is -0.145. The standard InChI is InChI=1S/C21H33N3O5/c1-14(2)11-18(21(28)29-3)24-20(27)17(12-15-7-5-4-6-8-15)23-19(26)10-9-16(25)13-22/h4-8,14,16-18,25H,9-13,22H2,1-3H3,(H,23,26)(H,24,27)/t16-,17-,18-/m0/s1. The lowest BCUT2D eigenvalue weighted by Crippen LogP contribution is -2.53. The van der Waals surface area contributed by atoms with E-state index in [9.17, 15) is 19.5 Å². The maximum Gasteiger partial charge on any atom is 0.328 e. The molecule has 29 heavy (non-hydrogen) atoms. The van der Waals surface area contributed by atoms with Crippen LogP contribution < -0.4 is 16.4 Å². The maximum absolute atomic E-state index is 12.9. The number of ether oxygens (including phenoxy) is 1. The molecule has 0 radical (unpaired) electrons. The Labute approximate surface area is 172 Å². The summed E-state index contributed by atoms with van der Waals surface area (Å²) < 4.78 is 4.79. The van der Waals surface area contributed by atoms with Crippen LogP contribution in [0.25, 0.3) is 0 Å². The molecule has 8 heteroatoms. The third-order valence-electron chi connectivity index (χ3n) is 4.42. The molecule has 162 valence electrons. The van der Waals surface area contributed by atoms with Crippen LogP contribution in [0.3, 0.4) is 0 Å². The first-order valence-electron chi connectivity index (χ1n) is 9.86. The number of esters is 1. The van der Waals surface area contributed by atoms with Crippen LogP contribution in [0, 0.1) is 5.92 Å². The minimum Gasteiger partial charge on any atom is -0.467 e. The summed E-state index contributed by atoms with van der Waals surface area (Å²) in [6.45, 7) is 3.94. The minimum absolute atomic E-state index is 0.0450. The number of rotatable bonds is 12. The van der Waals surface area contributed by atoms with Crippen molar-refractivity contribution in [2.75, 3.05) is 13.7 Å². The van der Waals surface area contributed by atoms with Crippen LogP contribution in [0.15, 0.2) is 30.3 Å². The zero-order valence-corrected chi connectivity index (χ0v) is 17.4. The van der Waals surface area contributed by atoms with Gasteiger partial charge in [0.1, 0.15) is 12.1 Å². The average molecular weight is 408 g/mol. The molecule has 2 amide bonds. The summed E-state index contributed by atoms with van der Waals surface area (Å²) in [5, 5.41) is 14.9. The van der Waals surface area contributed by atoms with Crippen molar-refractivity contribution in [3.63, 3.8) is 0 Å². The largest absolute Gasteiger partial charge is 0.467 e. The molecular weight excluding hydrogens is 374 g/mol. The van der Waals surface area contributed by atoms with Crippen molar-refractivity contribution >= 4 is 17.8 Å². The summed E-state index contributed by atoms with van der Waals surface area (Å²) in [6, 6.07) is 7.62. The van der Waals surface area contributed by atoms with Crippen molar-refractivity contribution < 1.29 is 24.2 Å². The molecular formula is C21H33N3O5. The van der Waals surface area contributed by atoms with Crippen molar-refractivity contribution in [1.29, 1.82) is 0 Å². The molecule has 3 atom stereocenters. The fraction of sp³-hybridized carbons (Fsp3) is 0.571. The molecule has 0 saturated heterocycles. The predicted octanol–water partition coefficient (Wildman–Crippen LogP) is 0.518. The van der Waals surface area contributed by atoms with Crippen LogP contribution in [0.5, 0.6) is 0 Å². The van der Waals surface area contributed by atoms with Crippen LogP contribution in [0.1, 0.15) is 38.7 Å². The van der Waals surface area contributed by atoms with Gasteiger partial charge in [0.2, 0.25) is 11.8 Å². The van der Waals surface area contributed by atoms with E-state index in [0.717, 1.165) is 5.56 Å². The van der Waals surface area contributed by atoms with Gasteiger partial charge in [0.05, 0.1) is 13.2 Å². The van der Waals surface area contributed by atoms with Crippen LogP contribution >= 0.6 is 0 Å². The second kappa shape index (κ2) is 12.9. The van der Waals surface area contributed by atoms with Gasteiger partial charge in [-0.05, 0) is 24.3 Å². The molecule has 5 N–H and O–H groups in total. The first-order chi connectivity index (χ1) is 13.8. The number of nitrogens with two attached hydrogens (primary N) is 1. The van der Waals surface area contributed by atoms with Crippen molar-refractivity contribution in [1.82, 2.24) is 10.6 Å². The second-order valence-electron chi connectivity index (χ2n) is 7.45. The number of aliphatic hydroxyl groups excluding tert-OH is 1. The van der Waals surface area contributed by atoms with Crippen molar-refractivity contribution in [2.24, 2.45) is 11.7 Å². The molecule has 0 fully saturated rings. The Morgan fingerprint density at radius 1 is 1.10 bits per heavy atom. The summed E-state index contributed by atoms with van der Waals surface area (Å²) in [6.07, 6.45) is 0.182. The van der Waals surface area contributed by atoms with E-state index >= 15 is 0 Å². The Hall–Kier alpha value is -2.45. The fourth-order valence-corrected chi connectivity index (χ4v) is 2.84. The SMILES string of the molecule is COC(=O)[C@H](CC(C)C)NC(=O)[C@H](Cc1ccccc1)NC(=O)CC[C@H](O)CN. The highest BCUT2D eigenvalue weighted by Gasteiger charge is 2.28. The number of amides is 2. The van der Waals surface area contributed by atoms with Gasteiger partial charge in [0.25, 0.3) is 0 Å². The van der Waals surface area contributed by atoms with E-state index in [1.165, 1.54) is 7.11 Å². The molecule has 0 bridgehead atoms. The molecule has 0 saturated carbocycles. The number of hydrogen-bond acceptors (Lipinski definition) is 6. The van der Waals surface area contributed by atoms with Gasteiger partial charge >= 0.3 is 5.97 Å². The van der Waals surface area contributed by atoms with Crippen molar-refractivity contribution in [3.8, 4) is 0 Å². The second-order valence-corrected chi connectivity index (χ2v) is 7.45. The van der Waals surface area contributed by atoms with Crippen LogP contribution in [-0.4, -0.2) is 54.7 Å². The van der Waals surface area contributed by atoms with Gasteiger partial charge in [0.15, 0.2) is 0 Å². The van der Waals surface area contributed by atoms with E-state index in [2.05, 4.69) is 10.6 Å². The fourth-order valence-electron chi connectivity index (χ4n) is 2.84. The van der Waals surface area contributed by atoms with E-state index in [0.29, 0.717) is 6.42 Å². The molecule has 1 aromatic rings. The van der Waals surface area contributed by atoms with Gasteiger partial charge in [-0.3, -0.25) is 9.59 Å². The third kappa shape index (κ3) is 9.54. The highest BCUT2D eigenvalue weighted by molar-refractivity contribution is 5.91. The zero-order chi connectivity index (χ0) is 21.8. The Morgan fingerprint density at radius 2 is 1.76 bits per heavy atom. The Kier molecular flexibility index (Phi) is 10.9. The molecule has 0 aromatic heterocycles.